The van der Waals surface area contributed by atoms with E-state index in [0.717, 1.165) is 38.5 Å². The highest BCUT2D eigenvalue weighted by molar-refractivity contribution is 7.48. The molecule has 0 fully saturated rings. The lowest BCUT2D eigenvalue weighted by molar-refractivity contribution is 0.108. The Kier molecular flexibility index (Phi) is 58.5. The molecule has 0 aliphatic rings. The second-order valence-corrected chi connectivity index (χ2v) is 22.6. The first kappa shape index (κ1) is 65.1. The normalized spacial score (nSPS) is 12.0. The molecule has 65 heavy (non-hydrogen) atoms. The van der Waals surface area contributed by atoms with Crippen LogP contribution in [0.25, 0.3) is 0 Å². The largest absolute Gasteiger partial charge is 0.474 e. The van der Waals surface area contributed by atoms with E-state index in [-0.39, 0.29) is 0 Å². The molecule has 0 atom stereocenters. The second-order valence-electron chi connectivity index (χ2n) is 21.0. The van der Waals surface area contributed by atoms with Crippen LogP contribution in [0.4, 0.5) is 0 Å². The maximum absolute atomic E-state index is 13.7. The minimum absolute atomic E-state index is 0.480. The van der Waals surface area contributed by atoms with Crippen LogP contribution >= 0.6 is 7.82 Å². The van der Waals surface area contributed by atoms with Crippen molar-refractivity contribution in [3.63, 3.8) is 0 Å². The van der Waals surface area contributed by atoms with E-state index in [1.807, 2.05) is 0 Å². The standard InChI is InChI=1S/C60H123O4P/c1-4-7-10-13-16-19-22-25-28-31-34-37-40-43-46-49-52-55-58-62-65(61,63-59-56-53-50-47-44-41-38-35-32-29-26-23-20-17-14-11-8-5-2)64-60-57-54-51-48-45-42-39-36-33-30-27-24-21-18-15-12-9-6-3/h4-60H2,1-3H3. The summed E-state index contributed by atoms with van der Waals surface area (Å²) in [6.07, 6.45) is 73.4. The SMILES string of the molecule is CCCCCCCCCCCCCCCCCCCCOP(=O)(OCCCCCCCCCCCCCCCCCCCC)OCCCCCCCCCCCCCCCCCCCC. The number of phosphoric acid groups is 1. The fraction of sp³-hybridized carbons (Fsp3) is 1.00. The van der Waals surface area contributed by atoms with Gasteiger partial charge in [0.05, 0.1) is 19.8 Å². The quantitative estimate of drug-likeness (QED) is 0.0450. The summed E-state index contributed by atoms with van der Waals surface area (Å²) < 4.78 is 31.5. The second kappa shape index (κ2) is 58.4. The first-order valence-electron chi connectivity index (χ1n) is 30.7. The van der Waals surface area contributed by atoms with Crippen molar-refractivity contribution in [1.82, 2.24) is 0 Å². The summed E-state index contributed by atoms with van der Waals surface area (Å²) in [6, 6.07) is 0. The Morgan fingerprint density at radius 3 is 0.415 bits per heavy atom. The van der Waals surface area contributed by atoms with Crippen molar-refractivity contribution >= 4 is 7.82 Å². The summed E-state index contributed by atoms with van der Waals surface area (Å²) >= 11 is 0. The molecule has 0 N–H and O–H groups in total. The lowest BCUT2D eigenvalue weighted by Gasteiger charge is -2.18. The molecule has 0 rings (SSSR count). The molecule has 0 radical (unpaired) electrons. The minimum Gasteiger partial charge on any atom is -0.287 e. The lowest BCUT2D eigenvalue weighted by atomic mass is 10.0. The van der Waals surface area contributed by atoms with E-state index in [0.29, 0.717) is 19.8 Å². The molecular formula is C60H123O4P. The highest BCUT2D eigenvalue weighted by atomic mass is 31.2. The molecule has 0 aliphatic heterocycles. The van der Waals surface area contributed by atoms with Crippen LogP contribution in [0.5, 0.6) is 0 Å². The fourth-order valence-corrected chi connectivity index (χ4v) is 10.9. The maximum Gasteiger partial charge on any atom is 0.474 e. The first-order chi connectivity index (χ1) is 32.2. The van der Waals surface area contributed by atoms with Gasteiger partial charge in [-0.05, 0) is 19.3 Å². The van der Waals surface area contributed by atoms with E-state index in [9.17, 15) is 4.57 Å². The van der Waals surface area contributed by atoms with Gasteiger partial charge in [-0.1, -0.05) is 348 Å². The molecule has 0 unspecified atom stereocenters. The smallest absolute Gasteiger partial charge is 0.287 e. The molecule has 0 bridgehead atoms. The van der Waals surface area contributed by atoms with Crippen LogP contribution < -0.4 is 0 Å². The highest BCUT2D eigenvalue weighted by Crippen LogP contribution is 2.50. The van der Waals surface area contributed by atoms with Crippen molar-refractivity contribution in [1.29, 1.82) is 0 Å². The Balaban J connectivity index is 4.08. The van der Waals surface area contributed by atoms with E-state index >= 15 is 0 Å². The summed E-state index contributed by atoms with van der Waals surface area (Å²) in [4.78, 5) is 0. The molecular weight excluding hydrogens is 816 g/mol. The third-order valence-electron chi connectivity index (χ3n) is 14.2. The molecule has 4 nitrogen and oxygen atoms in total. The van der Waals surface area contributed by atoms with Crippen LogP contribution in [0.1, 0.15) is 367 Å². The minimum atomic E-state index is -3.50. The summed E-state index contributed by atoms with van der Waals surface area (Å²) in [5, 5.41) is 0. The third-order valence-corrected chi connectivity index (χ3v) is 15.7. The zero-order valence-corrected chi connectivity index (χ0v) is 46.3. The van der Waals surface area contributed by atoms with Gasteiger partial charge in [0, 0.05) is 0 Å². The van der Waals surface area contributed by atoms with Gasteiger partial charge in [-0.2, -0.15) is 0 Å². The van der Waals surface area contributed by atoms with Crippen molar-refractivity contribution in [2.75, 3.05) is 19.8 Å². The van der Waals surface area contributed by atoms with Gasteiger partial charge in [-0.15, -0.1) is 0 Å². The molecule has 0 saturated heterocycles. The number of hydrogen-bond donors (Lipinski definition) is 0. The lowest BCUT2D eigenvalue weighted by Crippen LogP contribution is -2.04. The monoisotopic (exact) mass is 939 g/mol. The van der Waals surface area contributed by atoms with Gasteiger partial charge in [0.2, 0.25) is 0 Å². The van der Waals surface area contributed by atoms with Crippen molar-refractivity contribution in [2.24, 2.45) is 0 Å². The molecule has 0 aromatic rings. The molecule has 0 aromatic carbocycles. The Morgan fingerprint density at radius 1 is 0.185 bits per heavy atom. The van der Waals surface area contributed by atoms with Gasteiger partial charge in [0.25, 0.3) is 0 Å². The van der Waals surface area contributed by atoms with Crippen molar-refractivity contribution in [3.8, 4) is 0 Å². The zero-order chi connectivity index (χ0) is 46.9. The Morgan fingerprint density at radius 2 is 0.292 bits per heavy atom. The van der Waals surface area contributed by atoms with Crippen LogP contribution in [-0.4, -0.2) is 19.8 Å². The Hall–Kier alpha value is 0.110. The van der Waals surface area contributed by atoms with E-state index in [4.69, 9.17) is 13.6 Å². The Bertz CT molecular complexity index is 772. The van der Waals surface area contributed by atoms with Gasteiger partial charge in [0.15, 0.2) is 0 Å². The average Bonchev–Trinajstić information content (AvgIpc) is 3.31. The fourth-order valence-electron chi connectivity index (χ4n) is 9.65. The topological polar surface area (TPSA) is 44.8 Å². The van der Waals surface area contributed by atoms with E-state index in [1.165, 1.54) is 308 Å². The summed E-state index contributed by atoms with van der Waals surface area (Å²) in [5.74, 6) is 0. The van der Waals surface area contributed by atoms with Crippen LogP contribution in [0.2, 0.25) is 0 Å². The molecule has 0 amide bonds. The summed E-state index contributed by atoms with van der Waals surface area (Å²) in [7, 11) is -3.50. The van der Waals surface area contributed by atoms with Crippen molar-refractivity contribution in [3.05, 3.63) is 0 Å². The molecule has 5 heteroatoms. The predicted octanol–water partition coefficient (Wildman–Crippen LogP) is 23.3. The average molecular weight is 940 g/mol. The van der Waals surface area contributed by atoms with Gasteiger partial charge in [0.1, 0.15) is 0 Å². The van der Waals surface area contributed by atoms with E-state index in [1.54, 1.807) is 0 Å². The number of phosphoric ester groups is 1. The van der Waals surface area contributed by atoms with Gasteiger partial charge < -0.3 is 0 Å². The molecule has 0 spiro atoms. The molecule has 392 valence electrons. The summed E-state index contributed by atoms with van der Waals surface area (Å²) in [5.41, 5.74) is 0. The van der Waals surface area contributed by atoms with Gasteiger partial charge in [-0.3, -0.25) is 13.6 Å². The van der Waals surface area contributed by atoms with Crippen LogP contribution in [0.15, 0.2) is 0 Å². The number of hydrogen-bond acceptors (Lipinski definition) is 4. The first-order valence-corrected chi connectivity index (χ1v) is 32.2. The van der Waals surface area contributed by atoms with Gasteiger partial charge in [-0.25, -0.2) is 4.57 Å². The highest BCUT2D eigenvalue weighted by Gasteiger charge is 2.26. The summed E-state index contributed by atoms with van der Waals surface area (Å²) in [6.45, 7) is 8.34. The van der Waals surface area contributed by atoms with E-state index < -0.39 is 7.82 Å². The Labute approximate surface area is 411 Å². The van der Waals surface area contributed by atoms with Crippen molar-refractivity contribution in [2.45, 2.75) is 367 Å². The van der Waals surface area contributed by atoms with Crippen molar-refractivity contribution < 1.29 is 18.1 Å². The van der Waals surface area contributed by atoms with Crippen LogP contribution in [-0.2, 0) is 18.1 Å². The predicted molar refractivity (Wildman–Crippen MR) is 292 cm³/mol. The molecule has 0 saturated carbocycles. The maximum atomic E-state index is 13.7. The number of rotatable bonds is 60. The van der Waals surface area contributed by atoms with E-state index in [2.05, 4.69) is 20.8 Å². The molecule has 0 heterocycles. The molecule has 0 aliphatic carbocycles. The zero-order valence-electron chi connectivity index (χ0n) is 45.4. The molecule has 0 aromatic heterocycles. The third kappa shape index (κ3) is 56.6. The van der Waals surface area contributed by atoms with Gasteiger partial charge >= 0.3 is 7.82 Å². The van der Waals surface area contributed by atoms with Crippen LogP contribution in [0, 0.1) is 0 Å². The van der Waals surface area contributed by atoms with Crippen LogP contribution in [0.3, 0.4) is 0 Å². The number of unbranched alkanes of at least 4 members (excludes halogenated alkanes) is 51.